The van der Waals surface area contributed by atoms with Gasteiger partial charge in [-0.1, -0.05) is 0 Å². The monoisotopic (exact) mass is 98.1 g/mol. The standard InChI is InChI=1S/C5H8NO/c7-4-6-5-2-1-3-5/h5H,1-3H2,(H,6,7). The Bertz CT molecular complexity index is 68.5. The van der Waals surface area contributed by atoms with Crippen molar-refractivity contribution in [1.82, 2.24) is 5.32 Å². The SMILES string of the molecule is O=[C]NC1CCC1. The molecule has 1 radical (unpaired) electrons. The van der Waals surface area contributed by atoms with Gasteiger partial charge in [0.25, 0.3) is 0 Å². The number of amides is 1. The first-order valence-electron chi connectivity index (χ1n) is 2.56. The van der Waals surface area contributed by atoms with E-state index in [1.807, 2.05) is 0 Å². The van der Waals surface area contributed by atoms with Crippen LogP contribution in [0.15, 0.2) is 0 Å². The van der Waals surface area contributed by atoms with Crippen LogP contribution in [0.25, 0.3) is 0 Å². The van der Waals surface area contributed by atoms with Crippen molar-refractivity contribution in [3.05, 3.63) is 0 Å². The Hall–Kier alpha value is -0.530. The Labute approximate surface area is 42.9 Å². The normalized spacial score (nSPS) is 20.6. The van der Waals surface area contributed by atoms with Gasteiger partial charge in [0.05, 0.1) is 0 Å². The maximum absolute atomic E-state index is 9.57. The van der Waals surface area contributed by atoms with E-state index in [9.17, 15) is 4.79 Å². The van der Waals surface area contributed by atoms with Crippen molar-refractivity contribution in [2.24, 2.45) is 0 Å². The molecule has 0 spiro atoms. The van der Waals surface area contributed by atoms with E-state index < -0.39 is 0 Å². The van der Waals surface area contributed by atoms with Crippen molar-refractivity contribution < 1.29 is 4.79 Å². The van der Waals surface area contributed by atoms with E-state index in [0.29, 0.717) is 6.04 Å². The van der Waals surface area contributed by atoms with Crippen molar-refractivity contribution in [3.8, 4) is 0 Å². The van der Waals surface area contributed by atoms with Crippen LogP contribution in [0.4, 0.5) is 0 Å². The van der Waals surface area contributed by atoms with Crippen LogP contribution in [0.3, 0.4) is 0 Å². The van der Waals surface area contributed by atoms with E-state index in [2.05, 4.69) is 5.32 Å². The zero-order valence-corrected chi connectivity index (χ0v) is 4.11. The van der Waals surface area contributed by atoms with Crippen molar-refractivity contribution in [3.63, 3.8) is 0 Å². The second kappa shape index (κ2) is 1.96. The molecule has 0 aliphatic heterocycles. The molecule has 0 aromatic carbocycles. The van der Waals surface area contributed by atoms with Gasteiger partial charge in [-0.25, -0.2) is 0 Å². The van der Waals surface area contributed by atoms with Gasteiger partial charge in [0, 0.05) is 6.04 Å². The van der Waals surface area contributed by atoms with Gasteiger partial charge in [0.1, 0.15) is 0 Å². The predicted molar refractivity (Wildman–Crippen MR) is 26.5 cm³/mol. The van der Waals surface area contributed by atoms with Gasteiger partial charge < -0.3 is 5.32 Å². The molecule has 0 aromatic heterocycles. The third kappa shape index (κ3) is 0.918. The Morgan fingerprint density at radius 1 is 1.57 bits per heavy atom. The van der Waals surface area contributed by atoms with Crippen LogP contribution in [0.5, 0.6) is 0 Å². The van der Waals surface area contributed by atoms with Crippen LogP contribution >= 0.6 is 0 Å². The summed E-state index contributed by atoms with van der Waals surface area (Å²) < 4.78 is 0. The number of rotatable bonds is 2. The smallest absolute Gasteiger partial charge is 0.309 e. The molecule has 1 aliphatic carbocycles. The van der Waals surface area contributed by atoms with Gasteiger partial charge in [-0.15, -0.1) is 0 Å². The molecule has 7 heavy (non-hydrogen) atoms. The summed E-state index contributed by atoms with van der Waals surface area (Å²) in [6.07, 6.45) is 5.23. The molecule has 0 unspecified atom stereocenters. The lowest BCUT2D eigenvalue weighted by Gasteiger charge is -2.23. The molecular weight excluding hydrogens is 90.1 g/mol. The molecule has 0 heterocycles. The minimum Gasteiger partial charge on any atom is -0.345 e. The summed E-state index contributed by atoms with van der Waals surface area (Å²) in [6, 6.07) is 0.456. The lowest BCUT2D eigenvalue weighted by atomic mass is 9.94. The zero-order valence-electron chi connectivity index (χ0n) is 4.11. The topological polar surface area (TPSA) is 29.1 Å². The van der Waals surface area contributed by atoms with E-state index in [4.69, 9.17) is 0 Å². The van der Waals surface area contributed by atoms with Crippen molar-refractivity contribution in [1.29, 1.82) is 0 Å². The number of nitrogens with one attached hydrogen (secondary N) is 1. The van der Waals surface area contributed by atoms with Crippen molar-refractivity contribution >= 4 is 6.41 Å². The van der Waals surface area contributed by atoms with Crippen LogP contribution in [-0.2, 0) is 4.79 Å². The molecule has 2 nitrogen and oxygen atoms in total. The second-order valence-corrected chi connectivity index (χ2v) is 1.87. The fraction of sp³-hybridized carbons (Fsp3) is 0.800. The molecule has 1 N–H and O–H groups in total. The predicted octanol–water partition coefficient (Wildman–Crippen LogP) is 0.196. The van der Waals surface area contributed by atoms with Crippen LogP contribution in [-0.4, -0.2) is 12.5 Å². The zero-order chi connectivity index (χ0) is 5.11. The van der Waals surface area contributed by atoms with E-state index in [0.717, 1.165) is 12.8 Å². The molecule has 1 fully saturated rings. The molecule has 1 amide bonds. The first kappa shape index (κ1) is 4.62. The molecule has 0 bridgehead atoms. The highest BCUT2D eigenvalue weighted by atomic mass is 16.1. The summed E-state index contributed by atoms with van der Waals surface area (Å²) in [5, 5.41) is 2.58. The molecule has 0 saturated heterocycles. The van der Waals surface area contributed by atoms with Crippen molar-refractivity contribution in [2.45, 2.75) is 25.3 Å². The van der Waals surface area contributed by atoms with E-state index >= 15 is 0 Å². The minimum absolute atomic E-state index is 0.456. The highest BCUT2D eigenvalue weighted by Crippen LogP contribution is 2.16. The second-order valence-electron chi connectivity index (χ2n) is 1.87. The highest BCUT2D eigenvalue weighted by Gasteiger charge is 2.15. The fourth-order valence-electron chi connectivity index (χ4n) is 0.636. The Kier molecular flexibility index (Phi) is 1.29. The number of hydrogen-bond acceptors (Lipinski definition) is 1. The molecule has 0 aromatic rings. The Morgan fingerprint density at radius 2 is 2.29 bits per heavy atom. The third-order valence-corrected chi connectivity index (χ3v) is 1.37. The quantitative estimate of drug-likeness (QED) is 0.491. The number of hydrogen-bond donors (Lipinski definition) is 1. The molecular formula is C5H8NO. The average molecular weight is 98.1 g/mol. The van der Waals surface area contributed by atoms with E-state index in [-0.39, 0.29) is 0 Å². The average Bonchev–Trinajstić information content (AvgIpc) is 1.55. The van der Waals surface area contributed by atoms with Gasteiger partial charge >= 0.3 is 6.41 Å². The van der Waals surface area contributed by atoms with Gasteiger partial charge in [0.15, 0.2) is 0 Å². The maximum atomic E-state index is 9.57. The van der Waals surface area contributed by atoms with Gasteiger partial charge in [-0.2, -0.15) is 0 Å². The minimum atomic E-state index is 0.456. The van der Waals surface area contributed by atoms with Crippen molar-refractivity contribution in [2.75, 3.05) is 0 Å². The molecule has 1 rings (SSSR count). The third-order valence-electron chi connectivity index (χ3n) is 1.37. The van der Waals surface area contributed by atoms with Crippen LogP contribution < -0.4 is 5.32 Å². The summed E-state index contributed by atoms with van der Waals surface area (Å²) in [5.41, 5.74) is 0. The number of carbonyl (C=O) groups excluding carboxylic acids is 1. The van der Waals surface area contributed by atoms with E-state index in [1.54, 1.807) is 6.41 Å². The van der Waals surface area contributed by atoms with Crippen LogP contribution in [0.2, 0.25) is 0 Å². The Balaban J connectivity index is 2.03. The van der Waals surface area contributed by atoms with Crippen LogP contribution in [0.1, 0.15) is 19.3 Å². The lowest BCUT2D eigenvalue weighted by Crippen LogP contribution is -2.33. The Morgan fingerprint density at radius 3 is 2.43 bits per heavy atom. The fourth-order valence-corrected chi connectivity index (χ4v) is 0.636. The first-order valence-corrected chi connectivity index (χ1v) is 2.56. The van der Waals surface area contributed by atoms with Gasteiger partial charge in [0.2, 0.25) is 0 Å². The van der Waals surface area contributed by atoms with E-state index in [1.165, 1.54) is 6.42 Å². The summed E-state index contributed by atoms with van der Waals surface area (Å²) in [4.78, 5) is 9.57. The molecule has 1 aliphatic rings. The van der Waals surface area contributed by atoms with Crippen LogP contribution in [0, 0.1) is 0 Å². The summed E-state index contributed by atoms with van der Waals surface area (Å²) in [5.74, 6) is 0. The molecule has 1 saturated carbocycles. The van der Waals surface area contributed by atoms with Gasteiger partial charge in [-0.3, -0.25) is 4.79 Å². The molecule has 2 heteroatoms. The largest absolute Gasteiger partial charge is 0.345 e. The lowest BCUT2D eigenvalue weighted by molar-refractivity contribution is 0.374. The summed E-state index contributed by atoms with van der Waals surface area (Å²) in [6.45, 7) is 0. The summed E-state index contributed by atoms with van der Waals surface area (Å²) >= 11 is 0. The molecule has 39 valence electrons. The summed E-state index contributed by atoms with van der Waals surface area (Å²) in [7, 11) is 0. The highest BCUT2D eigenvalue weighted by molar-refractivity contribution is 5.47. The maximum Gasteiger partial charge on any atom is 0.309 e. The first-order chi connectivity index (χ1) is 3.43. The van der Waals surface area contributed by atoms with Gasteiger partial charge in [-0.05, 0) is 19.3 Å². The molecule has 0 atom stereocenters.